The first-order chi connectivity index (χ1) is 13.4. The van der Waals surface area contributed by atoms with Gasteiger partial charge in [-0.3, -0.25) is 14.5 Å². The van der Waals surface area contributed by atoms with E-state index < -0.39 is 0 Å². The third kappa shape index (κ3) is 5.11. The summed E-state index contributed by atoms with van der Waals surface area (Å²) in [6.07, 6.45) is 1.72. The van der Waals surface area contributed by atoms with Crippen LogP contribution in [0.25, 0.3) is 0 Å². The third-order valence-electron chi connectivity index (χ3n) is 4.75. The average molecular weight is 399 g/mol. The summed E-state index contributed by atoms with van der Waals surface area (Å²) >= 11 is 1.51. The van der Waals surface area contributed by atoms with Crippen LogP contribution in [0.3, 0.4) is 0 Å². The standard InChI is InChI=1S/C21H26N4O2S/c1-16-6-8-17(9-7-16)28-20-18(5-4-10-22-20)21(27)25-13-11-24(12-14-25)15-19(26)23(2)3/h4-10H,11-15H2,1-3H3. The van der Waals surface area contributed by atoms with E-state index in [1.54, 1.807) is 31.3 Å². The molecule has 0 N–H and O–H groups in total. The number of carbonyl (C=O) groups is 2. The number of aromatic nitrogens is 1. The first-order valence-electron chi connectivity index (χ1n) is 9.35. The Morgan fingerprint density at radius 1 is 1.07 bits per heavy atom. The van der Waals surface area contributed by atoms with Gasteiger partial charge in [0, 0.05) is 51.4 Å². The van der Waals surface area contributed by atoms with Crippen LogP contribution in [0.1, 0.15) is 15.9 Å². The fraction of sp³-hybridized carbons (Fsp3) is 0.381. The number of likely N-dealkylation sites (N-methyl/N-ethyl adjacent to an activating group) is 1. The number of piperazine rings is 1. The molecule has 7 heteroatoms. The number of pyridine rings is 1. The maximum absolute atomic E-state index is 13.1. The number of hydrogen-bond acceptors (Lipinski definition) is 5. The number of hydrogen-bond donors (Lipinski definition) is 0. The van der Waals surface area contributed by atoms with E-state index in [1.165, 1.54) is 17.3 Å². The van der Waals surface area contributed by atoms with Crippen LogP contribution in [0.4, 0.5) is 0 Å². The van der Waals surface area contributed by atoms with Crippen molar-refractivity contribution >= 4 is 23.6 Å². The van der Waals surface area contributed by atoms with Gasteiger partial charge in [0.05, 0.1) is 12.1 Å². The van der Waals surface area contributed by atoms with Crippen LogP contribution in [0.15, 0.2) is 52.5 Å². The van der Waals surface area contributed by atoms with Crippen molar-refractivity contribution in [2.24, 2.45) is 0 Å². The van der Waals surface area contributed by atoms with E-state index in [2.05, 4.69) is 28.9 Å². The molecule has 3 rings (SSSR count). The Hall–Kier alpha value is -2.38. The minimum absolute atomic E-state index is 0.00120. The Bertz CT molecular complexity index is 831. The van der Waals surface area contributed by atoms with E-state index in [4.69, 9.17) is 0 Å². The summed E-state index contributed by atoms with van der Waals surface area (Å²) in [5, 5.41) is 0.724. The van der Waals surface area contributed by atoms with Crippen molar-refractivity contribution < 1.29 is 9.59 Å². The lowest BCUT2D eigenvalue weighted by Gasteiger charge is -2.35. The smallest absolute Gasteiger partial charge is 0.256 e. The number of benzene rings is 1. The average Bonchev–Trinajstić information content (AvgIpc) is 2.70. The second-order valence-electron chi connectivity index (χ2n) is 7.13. The molecule has 0 saturated carbocycles. The van der Waals surface area contributed by atoms with E-state index >= 15 is 0 Å². The zero-order valence-corrected chi connectivity index (χ0v) is 17.4. The lowest BCUT2D eigenvalue weighted by Crippen LogP contribution is -2.51. The van der Waals surface area contributed by atoms with E-state index in [0.717, 1.165) is 9.92 Å². The summed E-state index contributed by atoms with van der Waals surface area (Å²) in [6.45, 7) is 5.08. The summed E-state index contributed by atoms with van der Waals surface area (Å²) in [7, 11) is 3.52. The van der Waals surface area contributed by atoms with Crippen molar-refractivity contribution in [3.05, 3.63) is 53.7 Å². The zero-order valence-electron chi connectivity index (χ0n) is 16.6. The molecule has 1 aliphatic heterocycles. The first kappa shape index (κ1) is 20.4. The van der Waals surface area contributed by atoms with Crippen molar-refractivity contribution in [2.75, 3.05) is 46.8 Å². The van der Waals surface area contributed by atoms with Crippen LogP contribution in [-0.2, 0) is 4.79 Å². The first-order valence-corrected chi connectivity index (χ1v) is 10.2. The molecule has 2 heterocycles. The molecule has 1 aromatic carbocycles. The van der Waals surface area contributed by atoms with Gasteiger partial charge < -0.3 is 9.80 Å². The Morgan fingerprint density at radius 2 is 1.75 bits per heavy atom. The zero-order chi connectivity index (χ0) is 20.1. The largest absolute Gasteiger partial charge is 0.348 e. The van der Waals surface area contributed by atoms with Crippen LogP contribution in [0.5, 0.6) is 0 Å². The van der Waals surface area contributed by atoms with Crippen molar-refractivity contribution in [2.45, 2.75) is 16.8 Å². The number of carbonyl (C=O) groups excluding carboxylic acids is 2. The summed E-state index contributed by atoms with van der Waals surface area (Å²) in [4.78, 5) is 36.0. The van der Waals surface area contributed by atoms with Gasteiger partial charge in [-0.15, -0.1) is 0 Å². The highest BCUT2D eigenvalue weighted by Gasteiger charge is 2.25. The van der Waals surface area contributed by atoms with E-state index in [9.17, 15) is 9.59 Å². The number of rotatable bonds is 5. The number of amides is 2. The Balaban J connectivity index is 1.65. The fourth-order valence-corrected chi connectivity index (χ4v) is 3.84. The lowest BCUT2D eigenvalue weighted by atomic mass is 10.2. The SMILES string of the molecule is Cc1ccc(Sc2ncccc2C(=O)N2CCN(CC(=O)N(C)C)CC2)cc1. The molecule has 0 bridgehead atoms. The summed E-state index contributed by atoms with van der Waals surface area (Å²) in [5.41, 5.74) is 1.83. The summed E-state index contributed by atoms with van der Waals surface area (Å²) in [5.74, 6) is 0.0881. The molecule has 1 aliphatic rings. The highest BCUT2D eigenvalue weighted by molar-refractivity contribution is 7.99. The van der Waals surface area contributed by atoms with Crippen molar-refractivity contribution in [1.82, 2.24) is 19.7 Å². The van der Waals surface area contributed by atoms with Gasteiger partial charge in [-0.05, 0) is 31.2 Å². The van der Waals surface area contributed by atoms with E-state index in [1.807, 2.05) is 23.1 Å². The lowest BCUT2D eigenvalue weighted by molar-refractivity contribution is -0.130. The maximum atomic E-state index is 13.1. The molecule has 0 radical (unpaired) electrons. The summed E-state index contributed by atoms with van der Waals surface area (Å²) in [6, 6.07) is 11.8. The predicted molar refractivity (Wildman–Crippen MR) is 111 cm³/mol. The molecular formula is C21H26N4O2S. The topological polar surface area (TPSA) is 56.8 Å². The molecule has 148 valence electrons. The maximum Gasteiger partial charge on any atom is 0.256 e. The molecule has 1 aromatic heterocycles. The Kier molecular flexibility index (Phi) is 6.70. The number of nitrogens with zero attached hydrogens (tertiary/aromatic N) is 4. The molecule has 0 aliphatic carbocycles. The minimum Gasteiger partial charge on any atom is -0.348 e. The molecule has 28 heavy (non-hydrogen) atoms. The minimum atomic E-state index is 0.00120. The normalized spacial score (nSPS) is 14.8. The van der Waals surface area contributed by atoms with Gasteiger partial charge in [0.15, 0.2) is 0 Å². The quantitative estimate of drug-likeness (QED) is 0.774. The van der Waals surface area contributed by atoms with Crippen LogP contribution >= 0.6 is 11.8 Å². The summed E-state index contributed by atoms with van der Waals surface area (Å²) < 4.78 is 0. The highest BCUT2D eigenvalue weighted by Crippen LogP contribution is 2.29. The van der Waals surface area contributed by atoms with Gasteiger partial charge in [0.1, 0.15) is 5.03 Å². The van der Waals surface area contributed by atoms with Gasteiger partial charge in [-0.25, -0.2) is 4.98 Å². The molecule has 1 fully saturated rings. The molecule has 2 aromatic rings. The van der Waals surface area contributed by atoms with Crippen molar-refractivity contribution in [1.29, 1.82) is 0 Å². The fourth-order valence-electron chi connectivity index (χ4n) is 2.96. The monoisotopic (exact) mass is 398 g/mol. The highest BCUT2D eigenvalue weighted by atomic mass is 32.2. The Labute approximate surface area is 170 Å². The van der Waals surface area contributed by atoms with Gasteiger partial charge >= 0.3 is 0 Å². The van der Waals surface area contributed by atoms with Crippen molar-refractivity contribution in [3.63, 3.8) is 0 Å². The van der Waals surface area contributed by atoms with Gasteiger partial charge in [0.2, 0.25) is 5.91 Å². The third-order valence-corrected chi connectivity index (χ3v) is 5.78. The van der Waals surface area contributed by atoms with Crippen molar-refractivity contribution in [3.8, 4) is 0 Å². The van der Waals surface area contributed by atoms with Gasteiger partial charge in [-0.1, -0.05) is 29.5 Å². The molecule has 1 saturated heterocycles. The van der Waals surface area contributed by atoms with Gasteiger partial charge in [0.25, 0.3) is 5.91 Å². The van der Waals surface area contributed by atoms with E-state index in [-0.39, 0.29) is 11.8 Å². The molecule has 0 unspecified atom stereocenters. The molecular weight excluding hydrogens is 372 g/mol. The van der Waals surface area contributed by atoms with E-state index in [0.29, 0.717) is 38.3 Å². The predicted octanol–water partition coefficient (Wildman–Crippen LogP) is 2.39. The van der Waals surface area contributed by atoms with Crippen LogP contribution in [0.2, 0.25) is 0 Å². The second-order valence-corrected chi connectivity index (χ2v) is 8.19. The molecule has 6 nitrogen and oxygen atoms in total. The molecule has 2 amide bonds. The van der Waals surface area contributed by atoms with Crippen LogP contribution in [-0.4, -0.2) is 78.3 Å². The molecule has 0 spiro atoms. The van der Waals surface area contributed by atoms with Crippen LogP contribution < -0.4 is 0 Å². The Morgan fingerprint density at radius 3 is 2.39 bits per heavy atom. The second kappa shape index (κ2) is 9.21. The molecule has 0 atom stereocenters. The van der Waals surface area contributed by atoms with Gasteiger partial charge in [-0.2, -0.15) is 0 Å². The number of aryl methyl sites for hydroxylation is 1. The van der Waals surface area contributed by atoms with Crippen LogP contribution in [0, 0.1) is 6.92 Å².